The number of likely N-dealkylation sites (tertiary alicyclic amines) is 1. The smallest absolute Gasteiger partial charge is 0.259 e. The molecule has 1 saturated heterocycles. The van der Waals surface area contributed by atoms with E-state index in [0.29, 0.717) is 46.9 Å². The number of furan rings is 1. The Bertz CT molecular complexity index is 1000. The van der Waals surface area contributed by atoms with E-state index in [0.717, 1.165) is 12.8 Å². The lowest BCUT2D eigenvalue weighted by Crippen LogP contribution is -2.46. The van der Waals surface area contributed by atoms with Crippen LogP contribution in [0.5, 0.6) is 0 Å². The highest BCUT2D eigenvalue weighted by Crippen LogP contribution is 2.27. The van der Waals surface area contributed by atoms with Crippen LogP contribution in [0.3, 0.4) is 0 Å². The normalized spacial score (nSPS) is 15.8. The average molecular weight is 383 g/mol. The Hall–Kier alpha value is -3.20. The van der Waals surface area contributed by atoms with Gasteiger partial charge in [0.2, 0.25) is 5.91 Å². The number of fused-ring (bicyclic) bond motifs is 1. The van der Waals surface area contributed by atoms with Crippen molar-refractivity contribution in [3.63, 3.8) is 0 Å². The van der Waals surface area contributed by atoms with Crippen LogP contribution in [0.15, 0.2) is 33.4 Å². The number of primary amides is 1. The van der Waals surface area contributed by atoms with Crippen molar-refractivity contribution in [3.8, 4) is 11.5 Å². The predicted molar refractivity (Wildman–Crippen MR) is 100 cm³/mol. The number of nitrogens with two attached hydrogens (primary N) is 1. The van der Waals surface area contributed by atoms with Gasteiger partial charge >= 0.3 is 0 Å². The molecule has 0 atom stereocenters. The molecule has 3 aromatic rings. The Balaban J connectivity index is 1.56. The summed E-state index contributed by atoms with van der Waals surface area (Å²) in [5.41, 5.74) is 7.12. The van der Waals surface area contributed by atoms with Gasteiger partial charge in [-0.2, -0.15) is 0 Å². The minimum atomic E-state index is -0.338. The first kappa shape index (κ1) is 18.2. The number of pyridine rings is 1. The molecule has 0 aromatic carbocycles. The number of amides is 2. The number of nitrogens with zero attached hydrogens (tertiary/aromatic N) is 3. The van der Waals surface area contributed by atoms with E-state index in [1.54, 1.807) is 31.4 Å². The fourth-order valence-electron chi connectivity index (χ4n) is 3.54. The summed E-state index contributed by atoms with van der Waals surface area (Å²) in [5, 5.41) is 7.62. The number of aromatic nitrogens is 2. The zero-order valence-electron chi connectivity index (χ0n) is 15.5. The third-order valence-electron chi connectivity index (χ3n) is 4.94. The van der Waals surface area contributed by atoms with Gasteiger partial charge in [-0.05, 0) is 38.0 Å². The standard InChI is InChI=1S/C19H21N5O4/c1-11-17-13(9-14(15-3-2-8-27-15)22-19(17)28-23-11)18(26)21-12-4-6-24(7-5-12)10-16(20)25/h2-3,8-9,12H,4-7,10H2,1H3,(H2,20,25)(H,21,26). The number of carbonyl (C=O) groups is 2. The predicted octanol–water partition coefficient (Wildman–Crippen LogP) is 1.47. The summed E-state index contributed by atoms with van der Waals surface area (Å²) >= 11 is 0. The summed E-state index contributed by atoms with van der Waals surface area (Å²) in [6, 6.07) is 5.25. The van der Waals surface area contributed by atoms with Crippen LogP contribution in [0, 0.1) is 6.92 Å². The molecular formula is C19H21N5O4. The number of hydrogen-bond donors (Lipinski definition) is 2. The minimum Gasteiger partial charge on any atom is -0.463 e. The Morgan fingerprint density at radius 3 is 2.82 bits per heavy atom. The van der Waals surface area contributed by atoms with E-state index in [1.165, 1.54) is 0 Å². The van der Waals surface area contributed by atoms with Crippen LogP contribution >= 0.6 is 0 Å². The Morgan fingerprint density at radius 1 is 1.36 bits per heavy atom. The quantitative estimate of drug-likeness (QED) is 0.683. The molecule has 0 radical (unpaired) electrons. The lowest BCUT2D eigenvalue weighted by Gasteiger charge is -2.31. The van der Waals surface area contributed by atoms with Crippen LogP contribution in [-0.2, 0) is 4.79 Å². The molecule has 146 valence electrons. The Kier molecular flexibility index (Phi) is 4.82. The van der Waals surface area contributed by atoms with E-state index < -0.39 is 0 Å². The first-order valence-electron chi connectivity index (χ1n) is 9.13. The van der Waals surface area contributed by atoms with Crippen molar-refractivity contribution in [1.29, 1.82) is 0 Å². The molecule has 0 spiro atoms. The molecule has 3 aromatic heterocycles. The molecule has 0 unspecified atom stereocenters. The van der Waals surface area contributed by atoms with Crippen LogP contribution in [0.25, 0.3) is 22.6 Å². The van der Waals surface area contributed by atoms with Gasteiger partial charge in [-0.3, -0.25) is 14.5 Å². The van der Waals surface area contributed by atoms with E-state index in [2.05, 4.69) is 15.5 Å². The zero-order valence-corrected chi connectivity index (χ0v) is 15.5. The second-order valence-corrected chi connectivity index (χ2v) is 6.97. The lowest BCUT2D eigenvalue weighted by atomic mass is 10.0. The van der Waals surface area contributed by atoms with Crippen molar-refractivity contribution in [1.82, 2.24) is 20.4 Å². The van der Waals surface area contributed by atoms with Gasteiger partial charge in [0, 0.05) is 19.1 Å². The molecule has 1 aliphatic rings. The molecule has 28 heavy (non-hydrogen) atoms. The molecular weight excluding hydrogens is 362 g/mol. The summed E-state index contributed by atoms with van der Waals surface area (Å²) in [6.07, 6.45) is 3.05. The molecule has 9 heteroatoms. The van der Waals surface area contributed by atoms with Gasteiger partial charge in [-0.15, -0.1) is 0 Å². The van der Waals surface area contributed by atoms with Crippen LogP contribution in [0.4, 0.5) is 0 Å². The van der Waals surface area contributed by atoms with Crippen LogP contribution in [-0.4, -0.2) is 52.5 Å². The Labute approximate surface area is 160 Å². The molecule has 4 heterocycles. The van der Waals surface area contributed by atoms with Crippen molar-refractivity contribution in [2.24, 2.45) is 5.73 Å². The Morgan fingerprint density at radius 2 is 2.14 bits per heavy atom. The zero-order chi connectivity index (χ0) is 19.7. The van der Waals surface area contributed by atoms with Gasteiger partial charge in [0.25, 0.3) is 11.6 Å². The highest BCUT2D eigenvalue weighted by molar-refractivity contribution is 6.07. The average Bonchev–Trinajstić information content (AvgIpc) is 3.32. The molecule has 4 rings (SSSR count). The minimum absolute atomic E-state index is 0.0204. The molecule has 1 fully saturated rings. The molecule has 9 nitrogen and oxygen atoms in total. The van der Waals surface area contributed by atoms with Gasteiger partial charge < -0.3 is 20.0 Å². The van der Waals surface area contributed by atoms with E-state index >= 15 is 0 Å². The van der Waals surface area contributed by atoms with Gasteiger partial charge in [0.1, 0.15) is 5.69 Å². The maximum atomic E-state index is 13.0. The summed E-state index contributed by atoms with van der Waals surface area (Å²) < 4.78 is 10.7. The number of piperidine rings is 1. The third kappa shape index (κ3) is 3.61. The number of nitrogens with one attached hydrogen (secondary N) is 1. The van der Waals surface area contributed by atoms with E-state index in [1.807, 2.05) is 4.90 Å². The third-order valence-corrected chi connectivity index (χ3v) is 4.94. The van der Waals surface area contributed by atoms with Crippen molar-refractivity contribution >= 4 is 22.9 Å². The fraction of sp³-hybridized carbons (Fsp3) is 0.368. The molecule has 3 N–H and O–H groups in total. The largest absolute Gasteiger partial charge is 0.463 e. The molecule has 0 aliphatic carbocycles. The van der Waals surface area contributed by atoms with Crippen LogP contribution in [0.2, 0.25) is 0 Å². The maximum absolute atomic E-state index is 13.0. The molecule has 0 saturated carbocycles. The van der Waals surface area contributed by atoms with Gasteiger partial charge in [-0.25, -0.2) is 4.98 Å². The second kappa shape index (κ2) is 7.43. The van der Waals surface area contributed by atoms with Crippen molar-refractivity contribution in [2.45, 2.75) is 25.8 Å². The van der Waals surface area contributed by atoms with Gasteiger partial charge in [-0.1, -0.05) is 5.16 Å². The highest BCUT2D eigenvalue weighted by Gasteiger charge is 2.25. The van der Waals surface area contributed by atoms with Crippen LogP contribution in [0.1, 0.15) is 28.9 Å². The van der Waals surface area contributed by atoms with Crippen molar-refractivity contribution < 1.29 is 18.5 Å². The maximum Gasteiger partial charge on any atom is 0.259 e. The molecule has 0 bridgehead atoms. The summed E-state index contributed by atoms with van der Waals surface area (Å²) in [5.74, 6) is -0.000303. The second-order valence-electron chi connectivity index (χ2n) is 6.97. The summed E-state index contributed by atoms with van der Waals surface area (Å²) in [4.78, 5) is 30.5. The number of aryl methyl sites for hydroxylation is 1. The molecule has 1 aliphatic heterocycles. The monoisotopic (exact) mass is 383 g/mol. The van der Waals surface area contributed by atoms with E-state index in [4.69, 9.17) is 14.7 Å². The van der Waals surface area contributed by atoms with Gasteiger partial charge in [0.15, 0.2) is 5.76 Å². The first-order chi connectivity index (χ1) is 13.5. The first-order valence-corrected chi connectivity index (χ1v) is 9.13. The van der Waals surface area contributed by atoms with E-state index in [9.17, 15) is 9.59 Å². The van der Waals surface area contributed by atoms with E-state index in [-0.39, 0.29) is 24.4 Å². The summed E-state index contributed by atoms with van der Waals surface area (Å²) in [6.45, 7) is 3.45. The van der Waals surface area contributed by atoms with Crippen LogP contribution < -0.4 is 11.1 Å². The lowest BCUT2D eigenvalue weighted by molar-refractivity contribution is -0.119. The number of rotatable bonds is 5. The van der Waals surface area contributed by atoms with Crippen molar-refractivity contribution in [3.05, 3.63) is 35.7 Å². The SMILES string of the molecule is Cc1noc2nc(-c3ccco3)cc(C(=O)NC3CCN(CC(N)=O)CC3)c12. The molecule has 2 amide bonds. The summed E-state index contributed by atoms with van der Waals surface area (Å²) in [7, 11) is 0. The topological polar surface area (TPSA) is 127 Å². The number of hydrogen-bond acceptors (Lipinski definition) is 7. The van der Waals surface area contributed by atoms with Crippen molar-refractivity contribution in [2.75, 3.05) is 19.6 Å². The fourth-order valence-corrected chi connectivity index (χ4v) is 3.54. The number of carbonyl (C=O) groups excluding carboxylic acids is 2. The van der Waals surface area contributed by atoms with Gasteiger partial charge in [0.05, 0.1) is 29.5 Å². The highest BCUT2D eigenvalue weighted by atomic mass is 16.5.